The van der Waals surface area contributed by atoms with Gasteiger partial charge in [-0.05, 0) is 23.0 Å². The molecule has 4 nitrogen and oxygen atoms in total. The van der Waals surface area contributed by atoms with E-state index in [1.165, 1.54) is 5.56 Å². The molecule has 2 rings (SSSR count). The van der Waals surface area contributed by atoms with E-state index in [2.05, 4.69) is 50.4 Å². The van der Waals surface area contributed by atoms with Crippen LogP contribution in [-0.2, 0) is 16.8 Å². The molecule has 0 radical (unpaired) electrons. The summed E-state index contributed by atoms with van der Waals surface area (Å²) in [6, 6.07) is 8.18. The van der Waals surface area contributed by atoms with Crippen molar-refractivity contribution < 1.29 is 9.90 Å². The number of hydrogen-bond donors (Lipinski definition) is 2. The molecular weight excluding hydrogens is 264 g/mol. The van der Waals surface area contributed by atoms with E-state index in [1.54, 1.807) is 4.90 Å². The van der Waals surface area contributed by atoms with Crippen molar-refractivity contribution in [2.75, 3.05) is 13.6 Å². The van der Waals surface area contributed by atoms with E-state index in [4.69, 9.17) is 0 Å². The lowest BCUT2D eigenvalue weighted by Gasteiger charge is -2.22. The molecule has 1 heterocycles. The summed E-state index contributed by atoms with van der Waals surface area (Å²) in [4.78, 5) is 14.0. The zero-order chi connectivity index (χ0) is 15.6. The van der Waals surface area contributed by atoms with Gasteiger partial charge in [-0.3, -0.25) is 4.79 Å². The summed E-state index contributed by atoms with van der Waals surface area (Å²) in [7, 11) is 1.81. The number of benzene rings is 1. The minimum Gasteiger partial charge on any atom is -0.392 e. The number of rotatable bonds is 3. The third-order valence-corrected chi connectivity index (χ3v) is 4.02. The summed E-state index contributed by atoms with van der Waals surface area (Å²) in [5, 5.41) is 12.6. The Kier molecular flexibility index (Phi) is 4.69. The first-order chi connectivity index (χ1) is 9.77. The average molecular weight is 290 g/mol. The van der Waals surface area contributed by atoms with E-state index < -0.39 is 6.10 Å². The van der Waals surface area contributed by atoms with Gasteiger partial charge in [0.25, 0.3) is 0 Å². The van der Waals surface area contributed by atoms with Crippen molar-refractivity contribution in [3.8, 4) is 0 Å². The number of hydrogen-bond acceptors (Lipinski definition) is 3. The van der Waals surface area contributed by atoms with Gasteiger partial charge in [0, 0.05) is 20.1 Å². The topological polar surface area (TPSA) is 52.6 Å². The Hall–Kier alpha value is -1.39. The summed E-state index contributed by atoms with van der Waals surface area (Å²) in [6.45, 7) is 7.67. The standard InChI is InChI=1S/C17H26N2O2/c1-17(2,3)13-7-5-12(6-8-13)11-19(4)16(21)15-9-14(20)10-18-15/h5-8,14-15,18,20H,9-11H2,1-4H3. The van der Waals surface area contributed by atoms with Gasteiger partial charge < -0.3 is 15.3 Å². The molecule has 1 saturated heterocycles. The Morgan fingerprint density at radius 1 is 1.33 bits per heavy atom. The van der Waals surface area contributed by atoms with Crippen molar-refractivity contribution in [1.29, 1.82) is 0 Å². The van der Waals surface area contributed by atoms with Crippen LogP contribution in [0.4, 0.5) is 0 Å². The summed E-state index contributed by atoms with van der Waals surface area (Å²) in [6.07, 6.45) is 0.102. The van der Waals surface area contributed by atoms with Crippen LogP contribution in [-0.4, -0.2) is 41.7 Å². The van der Waals surface area contributed by atoms with Crippen molar-refractivity contribution in [1.82, 2.24) is 10.2 Å². The number of aliphatic hydroxyl groups excluding tert-OH is 1. The maximum atomic E-state index is 12.3. The molecule has 2 atom stereocenters. The van der Waals surface area contributed by atoms with Gasteiger partial charge in [-0.15, -0.1) is 0 Å². The number of carbonyl (C=O) groups excluding carboxylic acids is 1. The zero-order valence-corrected chi connectivity index (χ0v) is 13.4. The van der Waals surface area contributed by atoms with Crippen LogP contribution >= 0.6 is 0 Å². The first kappa shape index (κ1) is 16.0. The fourth-order valence-corrected chi connectivity index (χ4v) is 2.63. The molecule has 116 valence electrons. The Morgan fingerprint density at radius 3 is 2.43 bits per heavy atom. The molecule has 1 aromatic rings. The molecule has 1 fully saturated rings. The molecule has 0 aliphatic carbocycles. The van der Waals surface area contributed by atoms with E-state index in [0.29, 0.717) is 19.5 Å². The molecule has 0 saturated carbocycles. The first-order valence-electron chi connectivity index (χ1n) is 7.53. The van der Waals surface area contributed by atoms with E-state index in [9.17, 15) is 9.90 Å². The van der Waals surface area contributed by atoms with E-state index >= 15 is 0 Å². The maximum Gasteiger partial charge on any atom is 0.239 e. The second-order valence-electron chi connectivity index (χ2n) is 6.99. The van der Waals surface area contributed by atoms with Crippen LogP contribution in [0.2, 0.25) is 0 Å². The Labute approximate surface area is 127 Å². The Morgan fingerprint density at radius 2 is 1.95 bits per heavy atom. The fourth-order valence-electron chi connectivity index (χ4n) is 2.63. The van der Waals surface area contributed by atoms with Gasteiger partial charge in [0.05, 0.1) is 12.1 Å². The van der Waals surface area contributed by atoms with Gasteiger partial charge in [0.1, 0.15) is 0 Å². The molecular formula is C17H26N2O2. The second-order valence-corrected chi connectivity index (χ2v) is 6.99. The number of β-amino-alcohol motifs (C(OH)–C–C–N with tert-alkyl or cyclic N) is 1. The monoisotopic (exact) mass is 290 g/mol. The highest BCUT2D eigenvalue weighted by molar-refractivity contribution is 5.82. The molecule has 1 aromatic carbocycles. The first-order valence-corrected chi connectivity index (χ1v) is 7.53. The number of carbonyl (C=O) groups is 1. The lowest BCUT2D eigenvalue weighted by Crippen LogP contribution is -2.41. The third-order valence-electron chi connectivity index (χ3n) is 4.02. The van der Waals surface area contributed by atoms with Gasteiger partial charge in [0.15, 0.2) is 0 Å². The quantitative estimate of drug-likeness (QED) is 0.890. The van der Waals surface area contributed by atoms with Gasteiger partial charge >= 0.3 is 0 Å². The minimum atomic E-state index is -0.404. The summed E-state index contributed by atoms with van der Waals surface area (Å²) < 4.78 is 0. The molecule has 1 aliphatic heterocycles. The molecule has 0 spiro atoms. The molecule has 1 amide bonds. The average Bonchev–Trinajstić information content (AvgIpc) is 2.84. The molecule has 1 aliphatic rings. The van der Waals surface area contributed by atoms with Crippen LogP contribution in [0.25, 0.3) is 0 Å². The highest BCUT2D eigenvalue weighted by atomic mass is 16.3. The number of nitrogens with zero attached hydrogens (tertiary/aromatic N) is 1. The third kappa shape index (κ3) is 4.05. The Balaban J connectivity index is 1.96. The number of amides is 1. The second kappa shape index (κ2) is 6.16. The van der Waals surface area contributed by atoms with Crippen molar-refractivity contribution in [2.45, 2.75) is 51.3 Å². The number of nitrogens with one attached hydrogen (secondary N) is 1. The van der Waals surface area contributed by atoms with Crippen LogP contribution in [0.15, 0.2) is 24.3 Å². The predicted octanol–water partition coefficient (Wildman–Crippen LogP) is 1.67. The minimum absolute atomic E-state index is 0.0476. The molecule has 0 bridgehead atoms. The lowest BCUT2D eigenvalue weighted by atomic mass is 9.87. The Bertz CT molecular complexity index is 491. The van der Waals surface area contributed by atoms with Crippen LogP contribution in [0.1, 0.15) is 38.3 Å². The highest BCUT2D eigenvalue weighted by Crippen LogP contribution is 2.22. The number of aliphatic hydroxyl groups is 1. The van der Waals surface area contributed by atoms with Gasteiger partial charge in [-0.2, -0.15) is 0 Å². The largest absolute Gasteiger partial charge is 0.392 e. The van der Waals surface area contributed by atoms with E-state index in [0.717, 1.165) is 5.56 Å². The van der Waals surface area contributed by atoms with Crippen molar-refractivity contribution >= 4 is 5.91 Å². The predicted molar refractivity (Wildman–Crippen MR) is 84.0 cm³/mol. The van der Waals surface area contributed by atoms with Crippen LogP contribution in [0, 0.1) is 0 Å². The zero-order valence-electron chi connectivity index (χ0n) is 13.4. The smallest absolute Gasteiger partial charge is 0.239 e. The van der Waals surface area contributed by atoms with E-state index in [-0.39, 0.29) is 17.4 Å². The van der Waals surface area contributed by atoms with E-state index in [1.807, 2.05) is 7.05 Å². The molecule has 2 unspecified atom stereocenters. The maximum absolute atomic E-state index is 12.3. The SMILES string of the molecule is CN(Cc1ccc(C(C)(C)C)cc1)C(=O)C1CC(O)CN1. The van der Waals surface area contributed by atoms with Crippen LogP contribution < -0.4 is 5.32 Å². The fraction of sp³-hybridized carbons (Fsp3) is 0.588. The summed E-state index contributed by atoms with van der Waals surface area (Å²) in [5.74, 6) is 0.0476. The van der Waals surface area contributed by atoms with Crippen molar-refractivity contribution in [2.24, 2.45) is 0 Å². The van der Waals surface area contributed by atoms with Gasteiger partial charge in [-0.25, -0.2) is 0 Å². The molecule has 2 N–H and O–H groups in total. The molecule has 4 heteroatoms. The molecule has 0 aromatic heterocycles. The normalized spacial score (nSPS) is 22.3. The number of likely N-dealkylation sites (N-methyl/N-ethyl adjacent to an activating group) is 1. The summed E-state index contributed by atoms with van der Waals surface area (Å²) in [5.41, 5.74) is 2.56. The van der Waals surface area contributed by atoms with Crippen molar-refractivity contribution in [3.63, 3.8) is 0 Å². The van der Waals surface area contributed by atoms with Gasteiger partial charge in [-0.1, -0.05) is 45.0 Å². The van der Waals surface area contributed by atoms with Gasteiger partial charge in [0.2, 0.25) is 5.91 Å². The van der Waals surface area contributed by atoms with Crippen molar-refractivity contribution in [3.05, 3.63) is 35.4 Å². The molecule has 21 heavy (non-hydrogen) atoms. The van der Waals surface area contributed by atoms with Crippen LogP contribution in [0.3, 0.4) is 0 Å². The van der Waals surface area contributed by atoms with Crippen LogP contribution in [0.5, 0.6) is 0 Å². The highest BCUT2D eigenvalue weighted by Gasteiger charge is 2.30. The lowest BCUT2D eigenvalue weighted by molar-refractivity contribution is -0.132. The summed E-state index contributed by atoms with van der Waals surface area (Å²) >= 11 is 0.